The molecule has 2 aromatic rings. The lowest BCUT2D eigenvalue weighted by molar-refractivity contribution is 0.181. The first-order valence-corrected chi connectivity index (χ1v) is 9.93. The smallest absolute Gasteiger partial charge is 0.193 e. The minimum Gasteiger partial charge on any atom is -0.468 e. The Balaban J connectivity index is 1.55. The largest absolute Gasteiger partial charge is 0.468 e. The van der Waals surface area contributed by atoms with Crippen LogP contribution < -0.4 is 5.32 Å². The van der Waals surface area contributed by atoms with E-state index in [4.69, 9.17) is 9.15 Å². The lowest BCUT2D eigenvalue weighted by Gasteiger charge is -2.25. The third kappa shape index (κ3) is 5.84. The van der Waals surface area contributed by atoms with E-state index in [0.717, 1.165) is 57.5 Å². The molecular formula is C22H32N4O2. The van der Waals surface area contributed by atoms with E-state index in [1.807, 2.05) is 19.2 Å². The van der Waals surface area contributed by atoms with E-state index in [1.54, 1.807) is 6.26 Å². The summed E-state index contributed by atoms with van der Waals surface area (Å²) in [5.41, 5.74) is 2.60. The molecule has 0 radical (unpaired) electrons. The molecule has 1 aromatic heterocycles. The van der Waals surface area contributed by atoms with Crippen LogP contribution in [0.25, 0.3) is 0 Å². The molecule has 0 bridgehead atoms. The molecule has 3 rings (SSSR count). The summed E-state index contributed by atoms with van der Waals surface area (Å²) in [4.78, 5) is 8.92. The molecule has 1 atom stereocenters. The predicted octanol–water partition coefficient (Wildman–Crippen LogP) is 2.96. The Kier molecular flexibility index (Phi) is 7.51. The monoisotopic (exact) mass is 384 g/mol. The second kappa shape index (κ2) is 10.3. The molecule has 28 heavy (non-hydrogen) atoms. The maximum atomic E-state index is 5.49. The molecule has 2 heterocycles. The molecule has 1 fully saturated rings. The number of aliphatic imine (C=N–C) groups is 1. The van der Waals surface area contributed by atoms with Gasteiger partial charge < -0.3 is 19.4 Å². The summed E-state index contributed by atoms with van der Waals surface area (Å²) in [6.07, 6.45) is 2.85. The minimum atomic E-state index is 0.589. The van der Waals surface area contributed by atoms with Gasteiger partial charge >= 0.3 is 0 Å². The molecule has 0 aliphatic carbocycles. The van der Waals surface area contributed by atoms with Crippen LogP contribution in [0.3, 0.4) is 0 Å². The Morgan fingerprint density at radius 2 is 1.96 bits per heavy atom. The molecule has 152 valence electrons. The van der Waals surface area contributed by atoms with Crippen LogP contribution in [0.5, 0.6) is 0 Å². The average molecular weight is 385 g/mol. The van der Waals surface area contributed by atoms with Crippen molar-refractivity contribution < 1.29 is 9.15 Å². The SMILES string of the molecule is CN=C(NCc1ccccc1CN(C)Cc1ccco1)N(C)CC1CCOC1. The first kappa shape index (κ1) is 20.4. The summed E-state index contributed by atoms with van der Waals surface area (Å²) >= 11 is 0. The van der Waals surface area contributed by atoms with Gasteiger partial charge in [0, 0.05) is 46.3 Å². The lowest BCUT2D eigenvalue weighted by Crippen LogP contribution is -2.41. The summed E-state index contributed by atoms with van der Waals surface area (Å²) in [6, 6.07) is 12.5. The molecule has 6 nitrogen and oxygen atoms in total. The van der Waals surface area contributed by atoms with Crippen molar-refractivity contribution in [2.45, 2.75) is 26.1 Å². The Bertz CT molecular complexity index is 739. The zero-order valence-electron chi connectivity index (χ0n) is 17.2. The molecule has 0 spiro atoms. The number of hydrogen-bond donors (Lipinski definition) is 1. The Morgan fingerprint density at radius 3 is 2.64 bits per heavy atom. The van der Waals surface area contributed by atoms with Crippen molar-refractivity contribution in [1.29, 1.82) is 0 Å². The number of nitrogens with zero attached hydrogens (tertiary/aromatic N) is 3. The van der Waals surface area contributed by atoms with Gasteiger partial charge in [-0.3, -0.25) is 9.89 Å². The molecular weight excluding hydrogens is 352 g/mol. The van der Waals surface area contributed by atoms with Crippen molar-refractivity contribution in [2.24, 2.45) is 10.9 Å². The number of guanidine groups is 1. The second-order valence-corrected chi connectivity index (χ2v) is 7.53. The Labute approximate surface area is 168 Å². The van der Waals surface area contributed by atoms with Crippen LogP contribution >= 0.6 is 0 Å². The van der Waals surface area contributed by atoms with E-state index < -0.39 is 0 Å². The van der Waals surface area contributed by atoms with Gasteiger partial charge in [-0.15, -0.1) is 0 Å². The third-order valence-corrected chi connectivity index (χ3v) is 5.13. The van der Waals surface area contributed by atoms with Crippen LogP contribution in [0.4, 0.5) is 0 Å². The topological polar surface area (TPSA) is 53.2 Å². The van der Waals surface area contributed by atoms with E-state index in [9.17, 15) is 0 Å². The van der Waals surface area contributed by atoms with E-state index in [2.05, 4.69) is 58.5 Å². The Hall–Kier alpha value is -2.31. The van der Waals surface area contributed by atoms with Gasteiger partial charge in [0.1, 0.15) is 5.76 Å². The highest BCUT2D eigenvalue weighted by Crippen LogP contribution is 2.15. The Morgan fingerprint density at radius 1 is 1.14 bits per heavy atom. The fourth-order valence-corrected chi connectivity index (χ4v) is 3.66. The molecule has 1 aliphatic rings. The number of benzene rings is 1. The fourth-order valence-electron chi connectivity index (χ4n) is 3.66. The molecule has 1 aromatic carbocycles. The van der Waals surface area contributed by atoms with Gasteiger partial charge in [-0.1, -0.05) is 24.3 Å². The van der Waals surface area contributed by atoms with E-state index in [-0.39, 0.29) is 0 Å². The number of nitrogens with one attached hydrogen (secondary N) is 1. The summed E-state index contributed by atoms with van der Waals surface area (Å²) in [5, 5.41) is 3.52. The summed E-state index contributed by atoms with van der Waals surface area (Å²) < 4.78 is 11.0. The van der Waals surface area contributed by atoms with Gasteiger partial charge in [-0.25, -0.2) is 0 Å². The van der Waals surface area contributed by atoms with Crippen molar-refractivity contribution in [3.63, 3.8) is 0 Å². The molecule has 1 unspecified atom stereocenters. The van der Waals surface area contributed by atoms with Crippen LogP contribution in [-0.4, -0.2) is 56.7 Å². The number of ether oxygens (including phenoxy) is 1. The van der Waals surface area contributed by atoms with E-state index in [1.165, 1.54) is 11.1 Å². The standard InChI is InChI=1S/C22H32N4O2/c1-23-22(26(3)14-18-10-12-27-17-18)24-13-19-7-4-5-8-20(19)15-25(2)16-21-9-6-11-28-21/h4-9,11,18H,10,12-17H2,1-3H3,(H,23,24). The van der Waals surface area contributed by atoms with Gasteiger partial charge in [0.2, 0.25) is 0 Å². The summed E-state index contributed by atoms with van der Waals surface area (Å²) in [7, 11) is 6.05. The number of hydrogen-bond acceptors (Lipinski definition) is 4. The highest BCUT2D eigenvalue weighted by molar-refractivity contribution is 5.79. The van der Waals surface area contributed by atoms with Gasteiger partial charge in [0.05, 0.1) is 19.4 Å². The van der Waals surface area contributed by atoms with Crippen molar-refractivity contribution in [3.05, 3.63) is 59.5 Å². The van der Waals surface area contributed by atoms with Crippen molar-refractivity contribution >= 4 is 5.96 Å². The van der Waals surface area contributed by atoms with E-state index in [0.29, 0.717) is 5.92 Å². The lowest BCUT2D eigenvalue weighted by atomic mass is 10.1. The van der Waals surface area contributed by atoms with Gasteiger partial charge in [0.15, 0.2) is 5.96 Å². The van der Waals surface area contributed by atoms with Crippen LogP contribution in [0.1, 0.15) is 23.3 Å². The zero-order valence-corrected chi connectivity index (χ0v) is 17.2. The first-order valence-electron chi connectivity index (χ1n) is 9.93. The highest BCUT2D eigenvalue weighted by Gasteiger charge is 2.19. The van der Waals surface area contributed by atoms with Crippen LogP contribution in [0.15, 0.2) is 52.1 Å². The minimum absolute atomic E-state index is 0.589. The van der Waals surface area contributed by atoms with Crippen LogP contribution in [-0.2, 0) is 24.4 Å². The van der Waals surface area contributed by atoms with Crippen molar-refractivity contribution in [2.75, 3.05) is 40.9 Å². The van der Waals surface area contributed by atoms with Gasteiger partial charge in [-0.05, 0) is 36.7 Å². The maximum Gasteiger partial charge on any atom is 0.193 e. The van der Waals surface area contributed by atoms with Gasteiger partial charge in [0.25, 0.3) is 0 Å². The normalized spacial score (nSPS) is 17.3. The predicted molar refractivity (Wildman–Crippen MR) is 112 cm³/mol. The van der Waals surface area contributed by atoms with Crippen molar-refractivity contribution in [3.8, 4) is 0 Å². The molecule has 1 N–H and O–H groups in total. The van der Waals surface area contributed by atoms with Crippen molar-refractivity contribution in [1.82, 2.24) is 15.1 Å². The van der Waals surface area contributed by atoms with Crippen LogP contribution in [0.2, 0.25) is 0 Å². The number of furan rings is 1. The molecule has 1 aliphatic heterocycles. The molecule has 0 saturated carbocycles. The highest BCUT2D eigenvalue weighted by atomic mass is 16.5. The van der Waals surface area contributed by atoms with Crippen LogP contribution in [0, 0.1) is 5.92 Å². The van der Waals surface area contributed by atoms with E-state index >= 15 is 0 Å². The molecule has 6 heteroatoms. The van der Waals surface area contributed by atoms with Gasteiger partial charge in [-0.2, -0.15) is 0 Å². The maximum absolute atomic E-state index is 5.49. The molecule has 1 saturated heterocycles. The summed E-state index contributed by atoms with van der Waals surface area (Å²) in [6.45, 7) is 5.11. The second-order valence-electron chi connectivity index (χ2n) is 7.53. The summed E-state index contributed by atoms with van der Waals surface area (Å²) in [5.74, 6) is 2.49. The first-order chi connectivity index (χ1) is 13.7. The fraction of sp³-hybridized carbons (Fsp3) is 0.500. The molecule has 0 amide bonds. The zero-order chi connectivity index (χ0) is 19.8. The quantitative estimate of drug-likeness (QED) is 0.560. The average Bonchev–Trinajstić information content (AvgIpc) is 3.37. The third-order valence-electron chi connectivity index (χ3n) is 5.13. The number of rotatable bonds is 8.